The van der Waals surface area contributed by atoms with Gasteiger partial charge in [0.2, 0.25) is 5.88 Å². The molecule has 0 radical (unpaired) electrons. The van der Waals surface area contributed by atoms with Crippen LogP contribution in [0.1, 0.15) is 18.4 Å². The minimum atomic E-state index is 0.249. The lowest BCUT2D eigenvalue weighted by molar-refractivity contribution is 0.157. The van der Waals surface area contributed by atoms with Gasteiger partial charge in [0.05, 0.1) is 16.6 Å². The van der Waals surface area contributed by atoms with E-state index in [1.165, 1.54) is 5.56 Å². The van der Waals surface area contributed by atoms with Gasteiger partial charge in [0, 0.05) is 0 Å². The number of hydrogen-bond acceptors (Lipinski definition) is 3. The van der Waals surface area contributed by atoms with Crippen LogP contribution in [-0.2, 0) is 0 Å². The molecule has 0 unspecified atom stereocenters. The Bertz CT molecular complexity index is 804. The Morgan fingerprint density at radius 2 is 1.83 bits per heavy atom. The van der Waals surface area contributed by atoms with Gasteiger partial charge in [-0.1, -0.05) is 30.3 Å². The third-order valence-electron chi connectivity index (χ3n) is 4.44. The van der Waals surface area contributed by atoms with Gasteiger partial charge < -0.3 is 10.1 Å². The van der Waals surface area contributed by atoms with E-state index in [-0.39, 0.29) is 6.10 Å². The van der Waals surface area contributed by atoms with E-state index in [9.17, 15) is 0 Å². The lowest BCUT2D eigenvalue weighted by Gasteiger charge is -2.22. The summed E-state index contributed by atoms with van der Waals surface area (Å²) in [7, 11) is 0. The Morgan fingerprint density at radius 1 is 1.04 bits per heavy atom. The van der Waals surface area contributed by atoms with Crippen LogP contribution in [0.5, 0.6) is 5.88 Å². The lowest BCUT2D eigenvalue weighted by Crippen LogP contribution is -2.34. The molecule has 0 saturated carbocycles. The van der Waals surface area contributed by atoms with Crippen molar-refractivity contribution in [3.8, 4) is 11.6 Å². The number of rotatable bonds is 3. The SMILES string of the molecule is Cc1cccc2c(OC3CCNCC3)nn(-c3ccccc3)c12. The van der Waals surface area contributed by atoms with Crippen molar-refractivity contribution in [2.45, 2.75) is 25.9 Å². The molecule has 23 heavy (non-hydrogen) atoms. The number of aromatic nitrogens is 2. The average molecular weight is 307 g/mol. The van der Waals surface area contributed by atoms with Gasteiger partial charge in [-0.2, -0.15) is 0 Å². The molecule has 4 heteroatoms. The summed E-state index contributed by atoms with van der Waals surface area (Å²) in [6.45, 7) is 4.15. The highest BCUT2D eigenvalue weighted by atomic mass is 16.5. The van der Waals surface area contributed by atoms with Gasteiger partial charge in [-0.15, -0.1) is 5.10 Å². The van der Waals surface area contributed by atoms with Crippen molar-refractivity contribution in [2.24, 2.45) is 0 Å². The third-order valence-corrected chi connectivity index (χ3v) is 4.44. The maximum absolute atomic E-state index is 6.25. The highest BCUT2D eigenvalue weighted by molar-refractivity contribution is 5.88. The van der Waals surface area contributed by atoms with Crippen molar-refractivity contribution >= 4 is 10.9 Å². The molecule has 4 nitrogen and oxygen atoms in total. The van der Waals surface area contributed by atoms with E-state index in [0.717, 1.165) is 48.4 Å². The fraction of sp³-hybridized carbons (Fsp3) is 0.316. The van der Waals surface area contributed by atoms with E-state index in [1.807, 2.05) is 22.9 Å². The third kappa shape index (κ3) is 2.70. The Morgan fingerprint density at radius 3 is 2.61 bits per heavy atom. The summed E-state index contributed by atoms with van der Waals surface area (Å²) in [6, 6.07) is 16.5. The van der Waals surface area contributed by atoms with Crippen molar-refractivity contribution in [3.05, 3.63) is 54.1 Å². The lowest BCUT2D eigenvalue weighted by atomic mass is 10.1. The normalized spacial score (nSPS) is 15.9. The van der Waals surface area contributed by atoms with E-state index in [4.69, 9.17) is 9.84 Å². The molecule has 1 N–H and O–H groups in total. The van der Waals surface area contributed by atoms with Crippen LogP contribution < -0.4 is 10.1 Å². The van der Waals surface area contributed by atoms with Crippen molar-refractivity contribution in [1.29, 1.82) is 0 Å². The molecule has 0 amide bonds. The summed E-state index contributed by atoms with van der Waals surface area (Å²) in [5.74, 6) is 0.749. The Balaban J connectivity index is 1.80. The fourth-order valence-electron chi connectivity index (χ4n) is 3.22. The molecule has 1 fully saturated rings. The summed E-state index contributed by atoms with van der Waals surface area (Å²) in [5.41, 5.74) is 3.40. The number of aryl methyl sites for hydroxylation is 1. The second-order valence-electron chi connectivity index (χ2n) is 6.09. The van der Waals surface area contributed by atoms with Crippen molar-refractivity contribution < 1.29 is 4.74 Å². The van der Waals surface area contributed by atoms with Crippen LogP contribution in [-0.4, -0.2) is 29.0 Å². The summed E-state index contributed by atoms with van der Waals surface area (Å²) >= 11 is 0. The molecule has 3 aromatic rings. The monoisotopic (exact) mass is 307 g/mol. The summed E-state index contributed by atoms with van der Waals surface area (Å²) in [6.07, 6.45) is 2.32. The van der Waals surface area contributed by atoms with E-state index >= 15 is 0 Å². The summed E-state index contributed by atoms with van der Waals surface area (Å²) < 4.78 is 8.25. The Labute approximate surface area is 136 Å². The smallest absolute Gasteiger partial charge is 0.241 e. The fourth-order valence-corrected chi connectivity index (χ4v) is 3.22. The van der Waals surface area contributed by atoms with Crippen LogP contribution in [0, 0.1) is 6.92 Å². The molecule has 2 heterocycles. The van der Waals surface area contributed by atoms with Crippen molar-refractivity contribution in [2.75, 3.05) is 13.1 Å². The van der Waals surface area contributed by atoms with E-state index in [1.54, 1.807) is 0 Å². The average Bonchev–Trinajstić information content (AvgIpc) is 2.97. The van der Waals surface area contributed by atoms with Gasteiger partial charge in [0.25, 0.3) is 0 Å². The van der Waals surface area contributed by atoms with Gasteiger partial charge >= 0.3 is 0 Å². The van der Waals surface area contributed by atoms with Crippen molar-refractivity contribution in [3.63, 3.8) is 0 Å². The maximum atomic E-state index is 6.25. The Kier molecular flexibility index (Phi) is 3.75. The molecule has 1 aliphatic heterocycles. The highest BCUT2D eigenvalue weighted by Crippen LogP contribution is 2.31. The van der Waals surface area contributed by atoms with E-state index in [2.05, 4.69) is 42.6 Å². The number of fused-ring (bicyclic) bond motifs is 1. The van der Waals surface area contributed by atoms with Crippen LogP contribution >= 0.6 is 0 Å². The molecule has 118 valence electrons. The first-order valence-corrected chi connectivity index (χ1v) is 8.24. The maximum Gasteiger partial charge on any atom is 0.241 e. The first-order valence-electron chi connectivity index (χ1n) is 8.24. The minimum Gasteiger partial charge on any atom is -0.473 e. The van der Waals surface area contributed by atoms with Gasteiger partial charge in [0.15, 0.2) is 0 Å². The predicted molar refractivity (Wildman–Crippen MR) is 92.3 cm³/mol. The second kappa shape index (κ2) is 6.05. The van der Waals surface area contributed by atoms with Crippen LogP contribution in [0.2, 0.25) is 0 Å². The molecular weight excluding hydrogens is 286 g/mol. The number of para-hydroxylation sites is 2. The van der Waals surface area contributed by atoms with Crippen LogP contribution in [0.25, 0.3) is 16.6 Å². The Hall–Kier alpha value is -2.33. The number of benzene rings is 2. The summed E-state index contributed by atoms with van der Waals surface area (Å²) in [4.78, 5) is 0. The molecule has 1 aliphatic rings. The molecule has 1 aromatic heterocycles. The van der Waals surface area contributed by atoms with E-state index in [0.29, 0.717) is 0 Å². The molecule has 0 aliphatic carbocycles. The van der Waals surface area contributed by atoms with Gasteiger partial charge in [-0.25, -0.2) is 4.68 Å². The standard InChI is InChI=1S/C19H21N3O/c1-14-6-5-9-17-18(14)22(15-7-3-2-4-8-15)21-19(17)23-16-10-12-20-13-11-16/h2-9,16,20H,10-13H2,1H3. The quantitative estimate of drug-likeness (QED) is 0.805. The number of ether oxygens (including phenoxy) is 1. The van der Waals surface area contributed by atoms with Crippen LogP contribution in [0.15, 0.2) is 48.5 Å². The number of nitrogens with zero attached hydrogens (tertiary/aromatic N) is 2. The molecule has 0 atom stereocenters. The first kappa shape index (κ1) is 14.3. The molecular formula is C19H21N3O. The number of nitrogens with one attached hydrogen (secondary N) is 1. The van der Waals surface area contributed by atoms with Crippen molar-refractivity contribution in [1.82, 2.24) is 15.1 Å². The molecule has 4 rings (SSSR count). The predicted octanol–water partition coefficient (Wildman–Crippen LogP) is 3.46. The molecule has 1 saturated heterocycles. The molecule has 2 aromatic carbocycles. The zero-order valence-corrected chi connectivity index (χ0v) is 13.3. The largest absolute Gasteiger partial charge is 0.473 e. The van der Waals surface area contributed by atoms with E-state index < -0.39 is 0 Å². The van der Waals surface area contributed by atoms with Crippen LogP contribution in [0.4, 0.5) is 0 Å². The highest BCUT2D eigenvalue weighted by Gasteiger charge is 2.20. The minimum absolute atomic E-state index is 0.249. The molecule has 0 bridgehead atoms. The first-order chi connectivity index (χ1) is 11.3. The zero-order chi connectivity index (χ0) is 15.6. The van der Waals surface area contributed by atoms with Crippen LogP contribution in [0.3, 0.4) is 0 Å². The van der Waals surface area contributed by atoms with Gasteiger partial charge in [0.1, 0.15) is 6.10 Å². The van der Waals surface area contributed by atoms with Gasteiger partial charge in [-0.05, 0) is 56.6 Å². The topological polar surface area (TPSA) is 39.1 Å². The number of hydrogen-bond donors (Lipinski definition) is 1. The van der Waals surface area contributed by atoms with Gasteiger partial charge in [-0.3, -0.25) is 0 Å². The summed E-state index contributed by atoms with van der Waals surface area (Å²) in [5, 5.41) is 9.25. The zero-order valence-electron chi connectivity index (χ0n) is 13.3. The second-order valence-corrected chi connectivity index (χ2v) is 6.09. The number of piperidine rings is 1. The molecule has 0 spiro atoms.